The van der Waals surface area contributed by atoms with E-state index in [9.17, 15) is 30.0 Å². The summed E-state index contributed by atoms with van der Waals surface area (Å²) in [6.07, 6.45) is -7.86. The van der Waals surface area contributed by atoms with Gasteiger partial charge in [-0.2, -0.15) is 0 Å². The molecule has 0 amide bonds. The van der Waals surface area contributed by atoms with E-state index in [1.807, 2.05) is 0 Å². The minimum Gasteiger partial charge on any atom is -0.478 e. The molecule has 0 spiro atoms. The van der Waals surface area contributed by atoms with Crippen LogP contribution >= 0.6 is 0 Å². The van der Waals surface area contributed by atoms with Gasteiger partial charge >= 0.3 is 11.9 Å². The van der Waals surface area contributed by atoms with Gasteiger partial charge in [0.2, 0.25) is 0 Å². The summed E-state index contributed by atoms with van der Waals surface area (Å²) in [6, 6.07) is 5.15. The molecule has 0 aromatic heterocycles. The topological polar surface area (TPSA) is 154 Å². The molecule has 1 aliphatic rings. The average Bonchev–Trinajstić information content (AvgIpc) is 2.54. The standard InChI is InChI=1S/C14H16O9/c15-9-8(23-14(21)11(17)10(9)16)5-22-13(20)7-3-1-2-6(4-7)12(18)19/h1-4,8-11,14-17,21H,5H2,(H,18,19)/t8-,9-,10+,11-,14+/m1/s1. The quantitative estimate of drug-likeness (QED) is 0.409. The van der Waals surface area contributed by atoms with E-state index in [-0.39, 0.29) is 11.1 Å². The van der Waals surface area contributed by atoms with Crippen molar-refractivity contribution in [1.29, 1.82) is 0 Å². The second kappa shape index (κ2) is 7.02. The van der Waals surface area contributed by atoms with Gasteiger partial charge in [-0.3, -0.25) is 0 Å². The van der Waals surface area contributed by atoms with Crippen LogP contribution in [-0.4, -0.2) is 74.8 Å². The Morgan fingerprint density at radius 3 is 2.35 bits per heavy atom. The maximum atomic E-state index is 11.9. The van der Waals surface area contributed by atoms with Crippen molar-refractivity contribution >= 4 is 11.9 Å². The van der Waals surface area contributed by atoms with Gasteiger partial charge in [0.15, 0.2) is 6.29 Å². The van der Waals surface area contributed by atoms with Crippen LogP contribution in [0.1, 0.15) is 20.7 Å². The number of rotatable bonds is 4. The molecular weight excluding hydrogens is 312 g/mol. The van der Waals surface area contributed by atoms with Crippen LogP contribution in [0, 0.1) is 0 Å². The highest BCUT2D eigenvalue weighted by atomic mass is 16.6. The number of hydrogen-bond donors (Lipinski definition) is 5. The fourth-order valence-corrected chi connectivity index (χ4v) is 2.09. The monoisotopic (exact) mass is 328 g/mol. The van der Waals surface area contributed by atoms with E-state index in [0.717, 1.165) is 6.07 Å². The van der Waals surface area contributed by atoms with Crippen LogP contribution in [0.25, 0.3) is 0 Å². The third kappa shape index (κ3) is 3.84. The zero-order valence-corrected chi connectivity index (χ0v) is 11.8. The molecule has 5 atom stereocenters. The van der Waals surface area contributed by atoms with Crippen LogP contribution in [0.3, 0.4) is 0 Å². The summed E-state index contributed by atoms with van der Waals surface area (Å²) in [5.74, 6) is -2.06. The molecule has 126 valence electrons. The Kier molecular flexibility index (Phi) is 5.29. The van der Waals surface area contributed by atoms with Crippen molar-refractivity contribution in [2.24, 2.45) is 0 Å². The van der Waals surface area contributed by atoms with Gasteiger partial charge in [0.1, 0.15) is 31.0 Å². The second-order valence-electron chi connectivity index (χ2n) is 5.02. The van der Waals surface area contributed by atoms with E-state index in [1.54, 1.807) is 0 Å². The minimum absolute atomic E-state index is 0.0173. The van der Waals surface area contributed by atoms with Crippen LogP contribution in [-0.2, 0) is 9.47 Å². The fourth-order valence-electron chi connectivity index (χ4n) is 2.09. The number of carbonyl (C=O) groups is 2. The lowest BCUT2D eigenvalue weighted by Crippen LogP contribution is -2.58. The van der Waals surface area contributed by atoms with Gasteiger partial charge < -0.3 is 35.0 Å². The highest BCUT2D eigenvalue weighted by Crippen LogP contribution is 2.20. The van der Waals surface area contributed by atoms with Gasteiger partial charge in [0.25, 0.3) is 0 Å². The summed E-state index contributed by atoms with van der Waals surface area (Å²) in [5, 5.41) is 46.8. The molecule has 0 bridgehead atoms. The van der Waals surface area contributed by atoms with Gasteiger partial charge in [-0.1, -0.05) is 6.07 Å². The summed E-state index contributed by atoms with van der Waals surface area (Å²) < 4.78 is 9.74. The smallest absolute Gasteiger partial charge is 0.338 e. The number of aromatic carboxylic acids is 1. The first-order chi connectivity index (χ1) is 10.8. The summed E-state index contributed by atoms with van der Waals surface area (Å²) in [6.45, 7) is -0.502. The van der Waals surface area contributed by atoms with Crippen LogP contribution in [0.2, 0.25) is 0 Å². The largest absolute Gasteiger partial charge is 0.478 e. The number of carbonyl (C=O) groups excluding carboxylic acids is 1. The molecule has 1 fully saturated rings. The number of aliphatic hydroxyl groups is 4. The second-order valence-corrected chi connectivity index (χ2v) is 5.02. The summed E-state index contributed by atoms with van der Waals surface area (Å²) in [7, 11) is 0. The van der Waals surface area contributed by atoms with E-state index < -0.39 is 49.3 Å². The van der Waals surface area contributed by atoms with Gasteiger partial charge in [0, 0.05) is 0 Å². The molecule has 1 heterocycles. The molecule has 9 heteroatoms. The Labute approximate surface area is 130 Å². The van der Waals surface area contributed by atoms with Crippen molar-refractivity contribution in [2.45, 2.75) is 30.7 Å². The predicted molar refractivity (Wildman–Crippen MR) is 72.6 cm³/mol. The van der Waals surface area contributed by atoms with E-state index in [1.165, 1.54) is 18.2 Å². The Hall–Kier alpha value is -2.04. The highest BCUT2D eigenvalue weighted by molar-refractivity contribution is 5.94. The lowest BCUT2D eigenvalue weighted by Gasteiger charge is -2.37. The number of carboxylic acid groups (broad SMARTS) is 1. The molecule has 1 aliphatic heterocycles. The molecule has 0 unspecified atom stereocenters. The van der Waals surface area contributed by atoms with Crippen LogP contribution in [0.4, 0.5) is 0 Å². The average molecular weight is 328 g/mol. The minimum atomic E-state index is -1.73. The van der Waals surface area contributed by atoms with Gasteiger partial charge in [-0.05, 0) is 18.2 Å². The Morgan fingerprint density at radius 2 is 1.70 bits per heavy atom. The number of carboxylic acids is 1. The van der Waals surface area contributed by atoms with Crippen molar-refractivity contribution in [1.82, 2.24) is 0 Å². The molecule has 2 rings (SSSR count). The maximum absolute atomic E-state index is 11.9. The third-order valence-corrected chi connectivity index (χ3v) is 3.41. The molecule has 1 aromatic rings. The summed E-state index contributed by atoms with van der Waals surface area (Å²) in [5.41, 5.74) is -0.112. The molecule has 5 N–H and O–H groups in total. The number of benzene rings is 1. The van der Waals surface area contributed by atoms with E-state index in [0.29, 0.717) is 0 Å². The van der Waals surface area contributed by atoms with Crippen LogP contribution < -0.4 is 0 Å². The number of ether oxygens (including phenoxy) is 2. The summed E-state index contributed by atoms with van der Waals surface area (Å²) in [4.78, 5) is 22.7. The Balaban J connectivity index is 1.99. The third-order valence-electron chi connectivity index (χ3n) is 3.41. The molecule has 0 radical (unpaired) electrons. The normalized spacial score (nSPS) is 30.7. The first-order valence-electron chi connectivity index (χ1n) is 6.69. The SMILES string of the molecule is O=C(O)c1cccc(C(=O)OC[C@H]2O[C@H](O)[C@H](O)[C@@H](O)[C@@H]2O)c1. The Bertz CT molecular complexity index is 587. The maximum Gasteiger partial charge on any atom is 0.338 e. The van der Waals surface area contributed by atoms with Crippen molar-refractivity contribution in [3.05, 3.63) is 35.4 Å². The zero-order chi connectivity index (χ0) is 17.1. The predicted octanol–water partition coefficient (Wildman–Crippen LogP) is -1.66. The van der Waals surface area contributed by atoms with Crippen LogP contribution in [0.5, 0.6) is 0 Å². The van der Waals surface area contributed by atoms with Crippen LogP contribution in [0.15, 0.2) is 24.3 Å². The lowest BCUT2D eigenvalue weighted by molar-refractivity contribution is -0.286. The molecule has 1 aromatic carbocycles. The molecule has 0 saturated carbocycles. The van der Waals surface area contributed by atoms with Crippen molar-refractivity contribution < 1.29 is 44.6 Å². The fraction of sp³-hybridized carbons (Fsp3) is 0.429. The lowest BCUT2D eigenvalue weighted by atomic mass is 9.99. The van der Waals surface area contributed by atoms with Crippen molar-refractivity contribution in [3.63, 3.8) is 0 Å². The molecule has 1 saturated heterocycles. The molecule has 9 nitrogen and oxygen atoms in total. The number of esters is 1. The van der Waals surface area contributed by atoms with Gasteiger partial charge in [0.05, 0.1) is 11.1 Å². The zero-order valence-electron chi connectivity index (χ0n) is 11.8. The summed E-state index contributed by atoms with van der Waals surface area (Å²) >= 11 is 0. The number of aliphatic hydroxyl groups excluding tert-OH is 4. The van der Waals surface area contributed by atoms with E-state index in [2.05, 4.69) is 0 Å². The van der Waals surface area contributed by atoms with E-state index >= 15 is 0 Å². The van der Waals surface area contributed by atoms with Crippen molar-refractivity contribution in [3.8, 4) is 0 Å². The van der Waals surface area contributed by atoms with Gasteiger partial charge in [-0.25, -0.2) is 9.59 Å². The highest BCUT2D eigenvalue weighted by Gasteiger charge is 2.43. The number of hydrogen-bond acceptors (Lipinski definition) is 8. The van der Waals surface area contributed by atoms with Gasteiger partial charge in [-0.15, -0.1) is 0 Å². The first kappa shape index (κ1) is 17.3. The van der Waals surface area contributed by atoms with Crippen molar-refractivity contribution in [2.75, 3.05) is 6.61 Å². The molecule has 0 aliphatic carbocycles. The first-order valence-corrected chi connectivity index (χ1v) is 6.69. The molecular formula is C14H16O9. The van der Waals surface area contributed by atoms with E-state index in [4.69, 9.17) is 14.6 Å². The molecule has 23 heavy (non-hydrogen) atoms. The Morgan fingerprint density at radius 1 is 1.04 bits per heavy atom.